The van der Waals surface area contributed by atoms with Crippen LogP contribution in [0.15, 0.2) is 40.2 Å². The highest BCUT2D eigenvalue weighted by molar-refractivity contribution is 8.18. The molecule has 0 spiro atoms. The first-order valence-electron chi connectivity index (χ1n) is 9.59. The van der Waals surface area contributed by atoms with Crippen LogP contribution in [-0.2, 0) is 4.79 Å². The maximum absolute atomic E-state index is 12.7. The Morgan fingerprint density at radius 3 is 2.39 bits per heavy atom. The number of amides is 1. The zero-order valence-corrected chi connectivity index (χ0v) is 18.3. The number of nitrogens with zero attached hydrogens (tertiary/aromatic N) is 4. The van der Waals surface area contributed by atoms with Gasteiger partial charge in [0.2, 0.25) is 0 Å². The summed E-state index contributed by atoms with van der Waals surface area (Å²) in [6.45, 7) is 9.48. The molecule has 1 saturated heterocycles. The Balaban J connectivity index is 1.97. The Labute approximate surface area is 171 Å². The lowest BCUT2D eigenvalue weighted by molar-refractivity contribution is -0.122. The second kappa shape index (κ2) is 8.27. The molecule has 6 heteroatoms. The average Bonchev–Trinajstić information content (AvgIpc) is 3.11. The number of hydrogen-bond donors (Lipinski definition) is 0. The predicted octanol–water partition coefficient (Wildman–Crippen LogP) is 4.47. The number of anilines is 1. The molecule has 0 N–H and O–H groups in total. The maximum atomic E-state index is 12.7. The fraction of sp³-hybridized carbons (Fsp3) is 0.364. The second-order valence-electron chi connectivity index (χ2n) is 6.99. The fourth-order valence-corrected chi connectivity index (χ4v) is 4.51. The lowest BCUT2D eigenvalue weighted by atomic mass is 10.2. The molecule has 5 nitrogen and oxygen atoms in total. The smallest absolute Gasteiger partial charge is 0.266 e. The van der Waals surface area contributed by atoms with Crippen molar-refractivity contribution in [2.24, 2.45) is 4.99 Å². The van der Waals surface area contributed by atoms with Gasteiger partial charge in [-0.15, -0.1) is 0 Å². The van der Waals surface area contributed by atoms with Gasteiger partial charge in [0, 0.05) is 49.9 Å². The topological polar surface area (TPSA) is 40.8 Å². The van der Waals surface area contributed by atoms with Gasteiger partial charge in [-0.05, 0) is 81.4 Å². The summed E-state index contributed by atoms with van der Waals surface area (Å²) in [5, 5.41) is 0.800. The maximum Gasteiger partial charge on any atom is 0.266 e. The van der Waals surface area contributed by atoms with E-state index < -0.39 is 0 Å². The zero-order chi connectivity index (χ0) is 20.4. The van der Waals surface area contributed by atoms with Crippen LogP contribution >= 0.6 is 11.8 Å². The number of aromatic nitrogens is 1. The summed E-state index contributed by atoms with van der Waals surface area (Å²) in [5.41, 5.74) is 5.63. The molecule has 0 atom stereocenters. The molecule has 3 rings (SSSR count). The first-order valence-corrected chi connectivity index (χ1v) is 10.4. The molecule has 0 aliphatic carbocycles. The number of rotatable bonds is 5. The number of benzene rings is 1. The normalized spacial score (nSPS) is 17.2. The highest BCUT2D eigenvalue weighted by Gasteiger charge is 2.32. The van der Waals surface area contributed by atoms with E-state index in [2.05, 4.69) is 58.6 Å². The fourth-order valence-electron chi connectivity index (χ4n) is 3.41. The van der Waals surface area contributed by atoms with Crippen molar-refractivity contribution < 1.29 is 4.79 Å². The predicted molar refractivity (Wildman–Crippen MR) is 121 cm³/mol. The van der Waals surface area contributed by atoms with Gasteiger partial charge in [-0.3, -0.25) is 14.7 Å². The minimum Gasteiger partial charge on any atom is -0.378 e. The largest absolute Gasteiger partial charge is 0.378 e. The zero-order valence-electron chi connectivity index (χ0n) is 17.5. The van der Waals surface area contributed by atoms with Crippen molar-refractivity contribution in [1.82, 2.24) is 9.47 Å². The van der Waals surface area contributed by atoms with Crippen molar-refractivity contribution in [3.8, 4) is 5.69 Å². The van der Waals surface area contributed by atoms with Crippen LogP contribution in [-0.4, -0.2) is 47.7 Å². The Morgan fingerprint density at radius 1 is 1.14 bits per heavy atom. The van der Waals surface area contributed by atoms with Crippen LogP contribution < -0.4 is 4.90 Å². The highest BCUT2D eigenvalue weighted by atomic mass is 32.2. The summed E-state index contributed by atoms with van der Waals surface area (Å²) in [6, 6.07) is 10.6. The van der Waals surface area contributed by atoms with Gasteiger partial charge >= 0.3 is 0 Å². The number of aryl methyl sites for hydroxylation is 1. The summed E-state index contributed by atoms with van der Waals surface area (Å²) in [5.74, 6) is 0.0415. The van der Waals surface area contributed by atoms with Crippen molar-refractivity contribution in [3.05, 3.63) is 52.2 Å². The molecule has 1 aliphatic heterocycles. The van der Waals surface area contributed by atoms with Crippen molar-refractivity contribution in [2.45, 2.75) is 27.7 Å². The lowest BCUT2D eigenvalue weighted by Crippen LogP contribution is -2.28. The van der Waals surface area contributed by atoms with Crippen molar-refractivity contribution in [3.63, 3.8) is 0 Å². The van der Waals surface area contributed by atoms with Crippen molar-refractivity contribution in [1.29, 1.82) is 0 Å². The van der Waals surface area contributed by atoms with Crippen LogP contribution in [0.2, 0.25) is 0 Å². The average molecular weight is 397 g/mol. The van der Waals surface area contributed by atoms with Gasteiger partial charge in [0.05, 0.1) is 4.91 Å². The van der Waals surface area contributed by atoms with E-state index in [1.54, 1.807) is 4.90 Å². The molecule has 0 saturated carbocycles. The standard InChI is InChI=1S/C22H28N4OS/c1-7-23-22-25(8-2)21(27)20(28-22)14-17-13-15(3)26(16(17)4)19-11-9-18(10-12-19)24(5)6/h9-14H,7-8H2,1-6H3/b20-14-,23-22?. The molecule has 0 unspecified atom stereocenters. The molecule has 0 radical (unpaired) electrons. The third kappa shape index (κ3) is 3.74. The van der Waals surface area contributed by atoms with Crippen molar-refractivity contribution >= 4 is 34.6 Å². The van der Waals surface area contributed by atoms with E-state index in [1.807, 2.05) is 34.0 Å². The first-order chi connectivity index (χ1) is 13.4. The number of aliphatic imine (C=N–C) groups is 1. The van der Waals surface area contributed by atoms with Gasteiger partial charge in [-0.2, -0.15) is 0 Å². The Kier molecular flexibility index (Phi) is 5.98. The molecule has 2 heterocycles. The number of carbonyl (C=O) groups is 1. The summed E-state index contributed by atoms with van der Waals surface area (Å²) in [6.07, 6.45) is 2.00. The minimum absolute atomic E-state index is 0.0415. The van der Waals surface area contributed by atoms with Crippen LogP contribution in [0.5, 0.6) is 0 Å². The Hall–Kier alpha value is -2.47. The summed E-state index contributed by atoms with van der Waals surface area (Å²) < 4.78 is 2.23. The molecule has 1 aromatic carbocycles. The SMILES string of the molecule is CCN=C1S/C(=C\c2cc(C)n(-c3ccc(N(C)C)cc3)c2C)C(=O)N1CC. The highest BCUT2D eigenvalue weighted by Crippen LogP contribution is 2.34. The molecule has 148 valence electrons. The lowest BCUT2D eigenvalue weighted by Gasteiger charge is -2.14. The molecular weight excluding hydrogens is 368 g/mol. The molecule has 0 bridgehead atoms. The summed E-state index contributed by atoms with van der Waals surface area (Å²) >= 11 is 1.47. The quantitative estimate of drug-likeness (QED) is 0.700. The Bertz CT molecular complexity index is 938. The van der Waals surface area contributed by atoms with E-state index in [0.717, 1.165) is 32.7 Å². The number of hydrogen-bond acceptors (Lipinski definition) is 4. The molecule has 1 fully saturated rings. The third-order valence-electron chi connectivity index (χ3n) is 4.88. The van der Waals surface area contributed by atoms with E-state index >= 15 is 0 Å². The summed E-state index contributed by atoms with van der Waals surface area (Å²) in [7, 11) is 4.08. The number of carbonyl (C=O) groups excluding carboxylic acids is 1. The van der Waals surface area contributed by atoms with Crippen LogP contribution in [0.25, 0.3) is 11.8 Å². The van der Waals surface area contributed by atoms with E-state index in [9.17, 15) is 4.79 Å². The van der Waals surface area contributed by atoms with Gasteiger partial charge in [0.1, 0.15) is 0 Å². The molecule has 1 amide bonds. The van der Waals surface area contributed by atoms with Gasteiger partial charge in [0.15, 0.2) is 5.17 Å². The van der Waals surface area contributed by atoms with Crippen LogP contribution in [0.1, 0.15) is 30.8 Å². The van der Waals surface area contributed by atoms with Crippen molar-refractivity contribution in [2.75, 3.05) is 32.1 Å². The van der Waals surface area contributed by atoms with Gasteiger partial charge in [-0.1, -0.05) is 0 Å². The number of thioether (sulfide) groups is 1. The van der Waals surface area contributed by atoms with Crippen LogP contribution in [0.3, 0.4) is 0 Å². The van der Waals surface area contributed by atoms with Crippen LogP contribution in [0, 0.1) is 13.8 Å². The van der Waals surface area contributed by atoms with E-state index in [-0.39, 0.29) is 5.91 Å². The van der Waals surface area contributed by atoms with Gasteiger partial charge in [0.25, 0.3) is 5.91 Å². The molecule has 2 aromatic rings. The number of amidine groups is 1. The molecule has 1 aromatic heterocycles. The minimum atomic E-state index is 0.0415. The molecule has 1 aliphatic rings. The van der Waals surface area contributed by atoms with Gasteiger partial charge < -0.3 is 9.47 Å². The van der Waals surface area contributed by atoms with E-state index in [0.29, 0.717) is 13.1 Å². The van der Waals surface area contributed by atoms with E-state index in [4.69, 9.17) is 0 Å². The monoisotopic (exact) mass is 396 g/mol. The molecule has 28 heavy (non-hydrogen) atoms. The Morgan fingerprint density at radius 2 is 1.82 bits per heavy atom. The van der Waals surface area contributed by atoms with E-state index in [1.165, 1.54) is 17.4 Å². The van der Waals surface area contributed by atoms with Crippen LogP contribution in [0.4, 0.5) is 5.69 Å². The summed E-state index contributed by atoms with van der Waals surface area (Å²) in [4.78, 5) is 21.8. The third-order valence-corrected chi connectivity index (χ3v) is 5.92. The second-order valence-corrected chi connectivity index (χ2v) is 8.00. The molecular formula is C22H28N4OS. The number of likely N-dealkylation sites (N-methyl/N-ethyl adjacent to an activating group) is 1. The first kappa shape index (κ1) is 20.3. The van der Waals surface area contributed by atoms with Gasteiger partial charge in [-0.25, -0.2) is 0 Å².